The third-order valence-corrected chi connectivity index (χ3v) is 5.69. The van der Waals surface area contributed by atoms with Gasteiger partial charge in [-0.2, -0.15) is 0 Å². The molecule has 0 aliphatic heterocycles. The number of fused-ring (bicyclic) bond motifs is 1. The number of amides is 1. The van der Waals surface area contributed by atoms with Gasteiger partial charge in [0, 0.05) is 12.4 Å². The largest absolute Gasteiger partial charge is 0.495 e. The van der Waals surface area contributed by atoms with E-state index in [4.69, 9.17) is 19.2 Å². The van der Waals surface area contributed by atoms with Crippen molar-refractivity contribution in [3.8, 4) is 17.2 Å². The average Bonchev–Trinajstić information content (AvgIpc) is 3.27. The van der Waals surface area contributed by atoms with E-state index in [2.05, 4.69) is 4.98 Å². The highest BCUT2D eigenvalue weighted by atomic mass is 32.1. The van der Waals surface area contributed by atoms with E-state index >= 15 is 0 Å². The van der Waals surface area contributed by atoms with Crippen LogP contribution in [0.2, 0.25) is 0 Å². The summed E-state index contributed by atoms with van der Waals surface area (Å²) in [4.78, 5) is 23.7. The Morgan fingerprint density at radius 2 is 1.77 bits per heavy atom. The minimum absolute atomic E-state index is 0.117. The second-order valence-electron chi connectivity index (χ2n) is 6.59. The fraction of sp³-hybridized carbons (Fsp3) is 0.174. The molecule has 0 saturated carbocycles. The van der Waals surface area contributed by atoms with Gasteiger partial charge in [-0.1, -0.05) is 35.6 Å². The summed E-state index contributed by atoms with van der Waals surface area (Å²) in [6.45, 7) is 0.198. The van der Waals surface area contributed by atoms with Gasteiger partial charge in [-0.15, -0.1) is 0 Å². The van der Waals surface area contributed by atoms with Crippen molar-refractivity contribution in [1.82, 2.24) is 9.97 Å². The molecule has 0 aliphatic rings. The van der Waals surface area contributed by atoms with E-state index in [1.54, 1.807) is 37.6 Å². The van der Waals surface area contributed by atoms with Crippen molar-refractivity contribution in [3.05, 3.63) is 72.6 Å². The summed E-state index contributed by atoms with van der Waals surface area (Å²) in [6.07, 6.45) is 3.43. The molecule has 0 fully saturated rings. The number of methoxy groups -OCH3 is 2. The summed E-state index contributed by atoms with van der Waals surface area (Å²) in [6, 6.07) is 16.6. The van der Waals surface area contributed by atoms with E-state index in [0.29, 0.717) is 34.4 Å². The summed E-state index contributed by atoms with van der Waals surface area (Å²) in [5.74, 6) is 1.70. The highest BCUT2D eigenvalue weighted by Crippen LogP contribution is 2.40. The number of nitrogens with zero attached hydrogens (tertiary/aromatic N) is 3. The summed E-state index contributed by atoms with van der Waals surface area (Å²) < 4.78 is 17.4. The van der Waals surface area contributed by atoms with Crippen LogP contribution >= 0.6 is 11.3 Å². The number of thiazole rings is 1. The molecule has 0 bridgehead atoms. The first-order valence-electron chi connectivity index (χ1n) is 9.58. The molecule has 31 heavy (non-hydrogen) atoms. The van der Waals surface area contributed by atoms with Crippen LogP contribution in [0, 0.1) is 0 Å². The van der Waals surface area contributed by atoms with Crippen LogP contribution in [0.25, 0.3) is 10.2 Å². The van der Waals surface area contributed by atoms with Crippen LogP contribution in [0.3, 0.4) is 0 Å². The number of hydrogen-bond acceptors (Lipinski definition) is 7. The zero-order valence-electron chi connectivity index (χ0n) is 17.1. The van der Waals surface area contributed by atoms with E-state index in [9.17, 15) is 4.79 Å². The maximum atomic E-state index is 13.2. The van der Waals surface area contributed by atoms with Gasteiger partial charge in [-0.3, -0.25) is 14.7 Å². The summed E-state index contributed by atoms with van der Waals surface area (Å²) in [5.41, 5.74) is 1.53. The summed E-state index contributed by atoms with van der Waals surface area (Å²) in [7, 11) is 3.19. The number of rotatable bonds is 8. The van der Waals surface area contributed by atoms with Crippen LogP contribution in [0.1, 0.15) is 5.56 Å². The van der Waals surface area contributed by atoms with Crippen molar-refractivity contribution in [2.45, 2.75) is 6.54 Å². The van der Waals surface area contributed by atoms with Gasteiger partial charge >= 0.3 is 0 Å². The quantitative estimate of drug-likeness (QED) is 0.410. The molecule has 2 heterocycles. The molecule has 0 spiro atoms. The fourth-order valence-electron chi connectivity index (χ4n) is 3.07. The molecule has 0 atom stereocenters. The van der Waals surface area contributed by atoms with E-state index in [1.807, 2.05) is 48.5 Å². The number of para-hydroxylation sites is 1. The third-order valence-electron chi connectivity index (χ3n) is 4.60. The lowest BCUT2D eigenvalue weighted by Gasteiger charge is -2.20. The number of benzene rings is 2. The summed E-state index contributed by atoms with van der Waals surface area (Å²) >= 11 is 1.37. The number of aromatic nitrogens is 2. The molecule has 0 radical (unpaired) electrons. The molecule has 8 heteroatoms. The Bertz CT molecular complexity index is 1120. The van der Waals surface area contributed by atoms with Gasteiger partial charge in [-0.05, 0) is 35.9 Å². The van der Waals surface area contributed by atoms with E-state index in [1.165, 1.54) is 11.3 Å². The number of carbonyl (C=O) groups is 1. The van der Waals surface area contributed by atoms with Crippen LogP contribution in [0.4, 0.5) is 5.13 Å². The van der Waals surface area contributed by atoms with Gasteiger partial charge in [0.05, 0.1) is 20.8 Å². The zero-order valence-corrected chi connectivity index (χ0v) is 18.0. The first-order chi connectivity index (χ1) is 15.2. The molecule has 4 rings (SSSR count). The zero-order chi connectivity index (χ0) is 21.6. The van der Waals surface area contributed by atoms with Gasteiger partial charge in [-0.25, -0.2) is 4.98 Å². The predicted molar refractivity (Wildman–Crippen MR) is 120 cm³/mol. The number of ether oxygens (including phenoxy) is 3. The van der Waals surface area contributed by atoms with E-state index in [0.717, 1.165) is 10.3 Å². The molecular formula is C23H21N3O4S. The van der Waals surface area contributed by atoms with Crippen molar-refractivity contribution < 1.29 is 19.0 Å². The van der Waals surface area contributed by atoms with Crippen LogP contribution < -0.4 is 19.1 Å². The Balaban J connectivity index is 1.69. The lowest BCUT2D eigenvalue weighted by Crippen LogP contribution is -2.34. The monoisotopic (exact) mass is 435 g/mol. The highest BCUT2D eigenvalue weighted by Gasteiger charge is 2.23. The van der Waals surface area contributed by atoms with Crippen molar-refractivity contribution in [3.63, 3.8) is 0 Å². The maximum absolute atomic E-state index is 13.2. The smallest absolute Gasteiger partial charge is 0.267 e. The fourth-order valence-corrected chi connectivity index (χ4v) is 4.16. The minimum Gasteiger partial charge on any atom is -0.495 e. The topological polar surface area (TPSA) is 73.8 Å². The molecule has 4 aromatic rings. The van der Waals surface area contributed by atoms with Crippen molar-refractivity contribution >= 4 is 32.6 Å². The molecule has 2 aromatic carbocycles. The number of hydrogen-bond donors (Lipinski definition) is 0. The molecule has 1 amide bonds. The molecule has 7 nitrogen and oxygen atoms in total. The third kappa shape index (κ3) is 4.59. The van der Waals surface area contributed by atoms with Crippen LogP contribution in [-0.4, -0.2) is 36.7 Å². The Labute approximate surface area is 183 Å². The molecule has 158 valence electrons. The SMILES string of the molecule is COc1ccc(OC)c2sc(N(Cc3cccnc3)C(=O)COc3ccccc3)nc12. The number of pyridine rings is 1. The van der Waals surface area contributed by atoms with Gasteiger partial charge < -0.3 is 14.2 Å². The van der Waals surface area contributed by atoms with Gasteiger partial charge in [0.25, 0.3) is 5.91 Å². The first kappa shape index (κ1) is 20.6. The number of anilines is 1. The van der Waals surface area contributed by atoms with Crippen molar-refractivity contribution in [1.29, 1.82) is 0 Å². The Morgan fingerprint density at radius 1 is 1.00 bits per heavy atom. The van der Waals surface area contributed by atoms with Gasteiger partial charge in [0.1, 0.15) is 27.5 Å². The van der Waals surface area contributed by atoms with Crippen LogP contribution in [0.5, 0.6) is 17.2 Å². The Kier molecular flexibility index (Phi) is 6.28. The molecule has 2 aromatic heterocycles. The molecule has 0 aliphatic carbocycles. The van der Waals surface area contributed by atoms with Crippen molar-refractivity contribution in [2.24, 2.45) is 0 Å². The first-order valence-corrected chi connectivity index (χ1v) is 10.4. The van der Waals surface area contributed by atoms with Crippen LogP contribution in [0.15, 0.2) is 67.0 Å². The minimum atomic E-state index is -0.218. The molecular weight excluding hydrogens is 414 g/mol. The molecule has 0 N–H and O–H groups in total. The highest BCUT2D eigenvalue weighted by molar-refractivity contribution is 7.22. The Morgan fingerprint density at radius 3 is 2.48 bits per heavy atom. The second-order valence-corrected chi connectivity index (χ2v) is 7.56. The predicted octanol–water partition coefficient (Wildman–Crippen LogP) is 4.32. The van der Waals surface area contributed by atoms with Gasteiger partial charge in [0.2, 0.25) is 0 Å². The summed E-state index contributed by atoms with van der Waals surface area (Å²) in [5, 5.41) is 0.531. The second kappa shape index (κ2) is 9.44. The lowest BCUT2D eigenvalue weighted by atomic mass is 10.2. The number of carbonyl (C=O) groups excluding carboxylic acids is 1. The van der Waals surface area contributed by atoms with Crippen molar-refractivity contribution in [2.75, 3.05) is 25.7 Å². The van der Waals surface area contributed by atoms with E-state index < -0.39 is 0 Å². The standard InChI is InChI=1S/C23H21N3O4S/c1-28-18-10-11-19(29-2)22-21(18)25-23(31-22)26(14-16-7-6-12-24-13-16)20(27)15-30-17-8-4-3-5-9-17/h3-13H,14-15H2,1-2H3. The Hall–Kier alpha value is -3.65. The van der Waals surface area contributed by atoms with Gasteiger partial charge in [0.15, 0.2) is 11.7 Å². The van der Waals surface area contributed by atoms with Crippen LogP contribution in [-0.2, 0) is 11.3 Å². The normalized spacial score (nSPS) is 10.6. The van der Waals surface area contributed by atoms with E-state index in [-0.39, 0.29) is 12.5 Å². The maximum Gasteiger partial charge on any atom is 0.267 e. The lowest BCUT2D eigenvalue weighted by molar-refractivity contribution is -0.120. The molecule has 0 saturated heterocycles. The molecule has 0 unspecified atom stereocenters. The average molecular weight is 436 g/mol.